The van der Waals surface area contributed by atoms with E-state index in [1.165, 1.54) is 12.4 Å². The first-order valence-electron chi connectivity index (χ1n) is 8.30. The number of carbonyl (C=O) groups is 1. The van der Waals surface area contributed by atoms with Gasteiger partial charge in [0.05, 0.1) is 9.82 Å². The predicted octanol–water partition coefficient (Wildman–Crippen LogP) is 2.17. The number of piperidine rings is 1. The number of rotatable bonds is 5. The molecule has 3 rings (SSSR count). The smallest absolute Gasteiger partial charge is 0.284 e. The van der Waals surface area contributed by atoms with Crippen LogP contribution in [0.1, 0.15) is 30.1 Å². The van der Waals surface area contributed by atoms with Crippen LogP contribution in [-0.4, -0.2) is 44.2 Å². The highest BCUT2D eigenvalue weighted by molar-refractivity contribution is 7.99. The first-order chi connectivity index (χ1) is 12.5. The van der Waals surface area contributed by atoms with E-state index >= 15 is 0 Å². The van der Waals surface area contributed by atoms with Crippen LogP contribution in [0.15, 0.2) is 34.6 Å². The number of aryl methyl sites for hydroxylation is 1. The van der Waals surface area contributed by atoms with Gasteiger partial charge in [-0.05, 0) is 50.2 Å². The first kappa shape index (κ1) is 21.1. The van der Waals surface area contributed by atoms with E-state index < -0.39 is 4.92 Å². The van der Waals surface area contributed by atoms with Crippen molar-refractivity contribution in [1.29, 1.82) is 0 Å². The maximum absolute atomic E-state index is 12.5. The van der Waals surface area contributed by atoms with Gasteiger partial charge in [0.25, 0.3) is 11.6 Å². The third kappa shape index (κ3) is 4.96. The molecule has 1 aliphatic rings. The summed E-state index contributed by atoms with van der Waals surface area (Å²) in [7, 11) is 1.76. The van der Waals surface area contributed by atoms with Crippen LogP contribution in [0.25, 0.3) is 0 Å². The van der Waals surface area contributed by atoms with Crippen molar-refractivity contribution < 1.29 is 9.72 Å². The number of halogens is 1. The van der Waals surface area contributed by atoms with Crippen molar-refractivity contribution >= 4 is 35.8 Å². The zero-order chi connectivity index (χ0) is 18.7. The maximum atomic E-state index is 12.5. The van der Waals surface area contributed by atoms with E-state index in [1.54, 1.807) is 23.7 Å². The zero-order valence-electron chi connectivity index (χ0n) is 14.9. The normalized spacial score (nSPS) is 19.2. The molecule has 2 heterocycles. The SMILES string of the molecule is CC1NCCCC1NC(=O)c1ccc(Sc2nncn2C)c([N+](=O)[O-])c1.Cl. The second-order valence-electron chi connectivity index (χ2n) is 6.23. The molecule has 11 heteroatoms. The fourth-order valence-corrected chi connectivity index (χ4v) is 3.69. The van der Waals surface area contributed by atoms with Gasteiger partial charge in [-0.1, -0.05) is 0 Å². The average molecular weight is 413 g/mol. The van der Waals surface area contributed by atoms with Crippen molar-refractivity contribution in [2.45, 2.75) is 41.9 Å². The summed E-state index contributed by atoms with van der Waals surface area (Å²) in [4.78, 5) is 23.9. The van der Waals surface area contributed by atoms with E-state index in [2.05, 4.69) is 20.8 Å². The average Bonchev–Trinajstić information content (AvgIpc) is 3.02. The molecule has 146 valence electrons. The molecule has 0 saturated carbocycles. The number of nitrogens with zero attached hydrogens (tertiary/aromatic N) is 4. The number of carbonyl (C=O) groups excluding carboxylic acids is 1. The molecule has 1 aliphatic heterocycles. The van der Waals surface area contributed by atoms with E-state index in [9.17, 15) is 14.9 Å². The Bertz CT molecular complexity index is 830. The summed E-state index contributed by atoms with van der Waals surface area (Å²) in [5.41, 5.74) is 0.150. The molecule has 9 nitrogen and oxygen atoms in total. The Labute approximate surface area is 166 Å². The van der Waals surface area contributed by atoms with E-state index in [1.807, 2.05) is 6.92 Å². The lowest BCUT2D eigenvalue weighted by molar-refractivity contribution is -0.387. The van der Waals surface area contributed by atoms with E-state index in [-0.39, 0.29) is 41.6 Å². The summed E-state index contributed by atoms with van der Waals surface area (Å²) in [6.45, 7) is 2.96. The van der Waals surface area contributed by atoms with Crippen molar-refractivity contribution in [3.63, 3.8) is 0 Å². The molecule has 0 aliphatic carbocycles. The van der Waals surface area contributed by atoms with Crippen molar-refractivity contribution in [2.75, 3.05) is 6.54 Å². The summed E-state index contributed by atoms with van der Waals surface area (Å²) >= 11 is 1.14. The van der Waals surface area contributed by atoms with Gasteiger partial charge in [-0.15, -0.1) is 22.6 Å². The molecule has 2 atom stereocenters. The minimum Gasteiger partial charge on any atom is -0.348 e. The lowest BCUT2D eigenvalue weighted by Gasteiger charge is -2.30. The van der Waals surface area contributed by atoms with Gasteiger partial charge in [0.15, 0.2) is 5.16 Å². The molecule has 27 heavy (non-hydrogen) atoms. The second-order valence-corrected chi connectivity index (χ2v) is 7.24. The summed E-state index contributed by atoms with van der Waals surface area (Å²) in [6, 6.07) is 4.68. The van der Waals surface area contributed by atoms with Crippen molar-refractivity contribution in [3.8, 4) is 0 Å². The Morgan fingerprint density at radius 3 is 2.89 bits per heavy atom. The Kier molecular flexibility index (Phi) is 7.17. The summed E-state index contributed by atoms with van der Waals surface area (Å²) < 4.78 is 1.67. The molecule has 2 aromatic rings. The molecule has 1 saturated heterocycles. The van der Waals surface area contributed by atoms with Gasteiger partial charge in [-0.3, -0.25) is 14.9 Å². The van der Waals surface area contributed by atoms with Gasteiger partial charge in [0.2, 0.25) is 0 Å². The van der Waals surface area contributed by atoms with Crippen LogP contribution in [0.3, 0.4) is 0 Å². The Hall–Kier alpha value is -2.17. The number of aromatic nitrogens is 3. The highest BCUT2D eigenvalue weighted by atomic mass is 35.5. The summed E-state index contributed by atoms with van der Waals surface area (Å²) in [5.74, 6) is -0.302. The largest absolute Gasteiger partial charge is 0.348 e. The second kappa shape index (κ2) is 9.16. The highest BCUT2D eigenvalue weighted by Crippen LogP contribution is 2.34. The molecule has 0 radical (unpaired) electrons. The fraction of sp³-hybridized carbons (Fsp3) is 0.438. The van der Waals surface area contributed by atoms with Crippen molar-refractivity contribution in [1.82, 2.24) is 25.4 Å². The zero-order valence-corrected chi connectivity index (χ0v) is 16.5. The van der Waals surface area contributed by atoms with Gasteiger partial charge < -0.3 is 15.2 Å². The van der Waals surface area contributed by atoms with E-state index in [0.29, 0.717) is 10.1 Å². The van der Waals surface area contributed by atoms with E-state index in [0.717, 1.165) is 31.1 Å². The van der Waals surface area contributed by atoms with Crippen molar-refractivity contribution in [2.24, 2.45) is 7.05 Å². The molecular formula is C16H21ClN6O3S. The van der Waals surface area contributed by atoms with Gasteiger partial charge >= 0.3 is 0 Å². The molecule has 1 amide bonds. The predicted molar refractivity (Wildman–Crippen MR) is 103 cm³/mol. The molecule has 1 aromatic carbocycles. The van der Waals surface area contributed by atoms with Gasteiger partial charge in [-0.25, -0.2) is 0 Å². The summed E-state index contributed by atoms with van der Waals surface area (Å²) in [5, 5.41) is 26.0. The van der Waals surface area contributed by atoms with Gasteiger partial charge in [0.1, 0.15) is 6.33 Å². The fourth-order valence-electron chi connectivity index (χ4n) is 2.84. The first-order valence-corrected chi connectivity index (χ1v) is 9.12. The minimum absolute atomic E-state index is 0. The van der Waals surface area contributed by atoms with Crippen LogP contribution in [0.5, 0.6) is 0 Å². The van der Waals surface area contributed by atoms with Crippen molar-refractivity contribution in [3.05, 3.63) is 40.2 Å². The molecule has 0 bridgehead atoms. The molecular weight excluding hydrogens is 392 g/mol. The Balaban J connectivity index is 0.00000261. The Morgan fingerprint density at radius 2 is 2.26 bits per heavy atom. The number of amides is 1. The topological polar surface area (TPSA) is 115 Å². The van der Waals surface area contributed by atoms with Gasteiger partial charge in [-0.2, -0.15) is 0 Å². The van der Waals surface area contributed by atoms with Crippen LogP contribution < -0.4 is 10.6 Å². The molecule has 2 unspecified atom stereocenters. The third-order valence-corrected chi connectivity index (χ3v) is 5.48. The van der Waals surface area contributed by atoms with Crippen LogP contribution >= 0.6 is 24.2 Å². The molecule has 1 fully saturated rings. The number of nitro groups is 1. The van der Waals surface area contributed by atoms with Crippen LogP contribution in [-0.2, 0) is 7.05 Å². The number of nitro benzene ring substituents is 1. The number of hydrogen-bond acceptors (Lipinski definition) is 7. The monoisotopic (exact) mass is 412 g/mol. The molecule has 1 aromatic heterocycles. The molecule has 2 N–H and O–H groups in total. The van der Waals surface area contributed by atoms with Crippen LogP contribution in [0.2, 0.25) is 0 Å². The number of benzene rings is 1. The molecule has 0 spiro atoms. The Morgan fingerprint density at radius 1 is 1.48 bits per heavy atom. The van der Waals surface area contributed by atoms with E-state index in [4.69, 9.17) is 0 Å². The van der Waals surface area contributed by atoms with Gasteiger partial charge in [0, 0.05) is 30.8 Å². The minimum atomic E-state index is -0.486. The third-order valence-electron chi connectivity index (χ3n) is 4.37. The quantitative estimate of drug-likeness (QED) is 0.571. The maximum Gasteiger partial charge on any atom is 0.284 e. The lowest BCUT2D eigenvalue weighted by Crippen LogP contribution is -2.51. The lowest BCUT2D eigenvalue weighted by atomic mass is 9.99. The number of nitrogens with one attached hydrogen (secondary N) is 2. The van der Waals surface area contributed by atoms with Crippen LogP contribution in [0, 0.1) is 10.1 Å². The highest BCUT2D eigenvalue weighted by Gasteiger charge is 2.25. The summed E-state index contributed by atoms with van der Waals surface area (Å²) in [6.07, 6.45) is 3.40. The standard InChI is InChI=1S/C16H20N6O3S.ClH/c1-10-12(4-3-7-17-10)19-15(23)11-5-6-14(13(8-11)22(24)25)26-16-20-18-9-21(16)2;/h5-6,8-10,12,17H,3-4,7H2,1-2H3,(H,19,23);1H. The number of hydrogen-bond donors (Lipinski definition) is 2. The van der Waals surface area contributed by atoms with Crippen LogP contribution in [0.4, 0.5) is 5.69 Å².